The van der Waals surface area contributed by atoms with Gasteiger partial charge in [0.15, 0.2) is 11.2 Å². The van der Waals surface area contributed by atoms with Crippen molar-refractivity contribution in [1.29, 1.82) is 0 Å². The van der Waals surface area contributed by atoms with Crippen LogP contribution >= 0.6 is 7.60 Å². The van der Waals surface area contributed by atoms with E-state index in [0.29, 0.717) is 0 Å². The average molecular weight is 851 g/mol. The first-order chi connectivity index (χ1) is 28.3. The van der Waals surface area contributed by atoms with E-state index in [-0.39, 0.29) is 94.0 Å². The molecule has 18 nitrogen and oxygen atoms in total. The van der Waals surface area contributed by atoms with Gasteiger partial charge in [-0.2, -0.15) is 4.98 Å². The van der Waals surface area contributed by atoms with Gasteiger partial charge in [-0.3, -0.25) is 28.7 Å². The molecule has 0 bridgehead atoms. The van der Waals surface area contributed by atoms with Gasteiger partial charge in [-0.05, 0) is 70.7 Å². The summed E-state index contributed by atoms with van der Waals surface area (Å²) in [5, 5.41) is 8.34. The molecule has 3 amide bonds. The molecule has 1 aliphatic rings. The zero-order chi connectivity index (χ0) is 43.7. The number of rotatable bonds is 19. The highest BCUT2D eigenvalue weighted by molar-refractivity contribution is 7.54. The Balaban J connectivity index is 1.14. The van der Waals surface area contributed by atoms with E-state index < -0.39 is 42.3 Å². The van der Waals surface area contributed by atoms with Crippen LogP contribution in [0.2, 0.25) is 0 Å². The summed E-state index contributed by atoms with van der Waals surface area (Å²) in [6.07, 6.45) is 0.404. The summed E-state index contributed by atoms with van der Waals surface area (Å²) in [4.78, 5) is 76.8. The normalized spacial score (nSPS) is 12.7. The van der Waals surface area contributed by atoms with E-state index in [4.69, 9.17) is 18.5 Å². The minimum Gasteiger partial charge on any atom is -0.465 e. The van der Waals surface area contributed by atoms with Crippen molar-refractivity contribution in [2.24, 2.45) is 0 Å². The standard InChI is InChI=1S/C41H55N8O10P/c1-8-56-34(52)24-48(21-20-44-39(54)57-25-31-29-15-11-9-13-27(29)28-14-10-12-16-30(28)31)33(51)23-49-26-45-35-36(49)46-38(47-37(35)53)43-19-18-42-32(50)17-22-60(55,58-40(2,3)4)59-41(5,6)7/h9-16,26,31H,8,17-25H2,1-7H3,(H,42,50)(H,44,54)(H2,43,46,47,53). The van der Waals surface area contributed by atoms with Crippen LogP contribution in [0.25, 0.3) is 22.3 Å². The largest absolute Gasteiger partial charge is 0.465 e. The number of aromatic amines is 1. The maximum atomic E-state index is 13.6. The molecule has 0 spiro atoms. The van der Waals surface area contributed by atoms with Gasteiger partial charge in [0, 0.05) is 38.5 Å². The van der Waals surface area contributed by atoms with Crippen molar-refractivity contribution in [3.05, 3.63) is 76.3 Å². The number of anilines is 1. The van der Waals surface area contributed by atoms with E-state index in [0.717, 1.165) is 22.3 Å². The van der Waals surface area contributed by atoms with Crippen LogP contribution in [0.5, 0.6) is 0 Å². The average Bonchev–Trinajstić information content (AvgIpc) is 3.71. The molecule has 2 aromatic heterocycles. The van der Waals surface area contributed by atoms with E-state index >= 15 is 0 Å². The number of amides is 3. The van der Waals surface area contributed by atoms with Gasteiger partial charge >= 0.3 is 19.7 Å². The van der Waals surface area contributed by atoms with Gasteiger partial charge in [-0.15, -0.1) is 0 Å². The molecular weight excluding hydrogens is 795 g/mol. The van der Waals surface area contributed by atoms with Gasteiger partial charge in [-0.1, -0.05) is 48.5 Å². The number of alkyl carbamates (subject to hydrolysis) is 1. The lowest BCUT2D eigenvalue weighted by Crippen LogP contribution is -2.43. The quantitative estimate of drug-likeness (QED) is 0.0567. The maximum absolute atomic E-state index is 13.6. The van der Waals surface area contributed by atoms with Gasteiger partial charge in [0.1, 0.15) is 19.7 Å². The molecule has 0 aliphatic heterocycles. The molecule has 0 radical (unpaired) electrons. The van der Waals surface area contributed by atoms with Crippen molar-refractivity contribution in [2.45, 2.75) is 78.6 Å². The number of carbonyl (C=O) groups excluding carboxylic acids is 4. The van der Waals surface area contributed by atoms with Crippen molar-refractivity contribution in [3.8, 4) is 11.1 Å². The highest BCUT2D eigenvalue weighted by Crippen LogP contribution is 2.54. The molecule has 1 aliphatic carbocycles. The van der Waals surface area contributed by atoms with Crippen molar-refractivity contribution in [3.63, 3.8) is 0 Å². The van der Waals surface area contributed by atoms with Crippen LogP contribution < -0.4 is 21.5 Å². The molecule has 4 N–H and O–H groups in total. The highest BCUT2D eigenvalue weighted by atomic mass is 31.2. The van der Waals surface area contributed by atoms with E-state index in [1.165, 1.54) is 15.8 Å². The fraction of sp³-hybridized carbons (Fsp3) is 0.488. The lowest BCUT2D eigenvalue weighted by Gasteiger charge is -2.32. The Morgan fingerprint density at radius 2 is 1.52 bits per heavy atom. The first-order valence-corrected chi connectivity index (χ1v) is 21.6. The molecule has 0 saturated heterocycles. The summed E-state index contributed by atoms with van der Waals surface area (Å²) in [5.74, 6) is -1.60. The van der Waals surface area contributed by atoms with Crippen LogP contribution in [-0.4, -0.2) is 112 Å². The first kappa shape index (κ1) is 45.5. The van der Waals surface area contributed by atoms with Crippen LogP contribution in [0.3, 0.4) is 0 Å². The minimum absolute atomic E-state index is 0.0186. The van der Waals surface area contributed by atoms with Crippen LogP contribution in [-0.2, 0) is 44.0 Å². The Morgan fingerprint density at radius 3 is 2.13 bits per heavy atom. The third-order valence-electron chi connectivity index (χ3n) is 8.93. The van der Waals surface area contributed by atoms with Crippen LogP contribution in [0.1, 0.15) is 71.9 Å². The van der Waals surface area contributed by atoms with E-state index in [9.17, 15) is 28.5 Å². The summed E-state index contributed by atoms with van der Waals surface area (Å²) in [6.45, 7) is 11.9. The monoisotopic (exact) mass is 850 g/mol. The predicted molar refractivity (Wildman–Crippen MR) is 225 cm³/mol. The number of H-pyrrole nitrogens is 1. The Kier molecular flexibility index (Phi) is 14.9. The lowest BCUT2D eigenvalue weighted by atomic mass is 9.98. The summed E-state index contributed by atoms with van der Waals surface area (Å²) in [7, 11) is -3.60. The number of hydrogen-bond acceptors (Lipinski definition) is 13. The molecule has 0 unspecified atom stereocenters. The number of nitrogens with one attached hydrogen (secondary N) is 4. The number of hydrogen-bond donors (Lipinski definition) is 4. The Hall–Kier alpha value is -5.58. The molecule has 60 heavy (non-hydrogen) atoms. The summed E-state index contributed by atoms with van der Waals surface area (Å²) in [6, 6.07) is 16.0. The zero-order valence-electron chi connectivity index (χ0n) is 35.2. The van der Waals surface area contributed by atoms with Crippen molar-refractivity contribution >= 4 is 48.6 Å². The van der Waals surface area contributed by atoms with Crippen LogP contribution in [0.4, 0.5) is 10.7 Å². The molecule has 0 saturated carbocycles. The minimum atomic E-state index is -3.60. The van der Waals surface area contributed by atoms with E-state index in [2.05, 4.69) is 30.9 Å². The Labute approximate surface area is 348 Å². The number of fused-ring (bicyclic) bond motifs is 4. The summed E-state index contributed by atoms with van der Waals surface area (Å²) < 4.78 is 37.0. The number of benzene rings is 2. The molecule has 0 atom stereocenters. The SMILES string of the molecule is CCOC(=O)CN(CCNC(=O)OCC1c2ccccc2-c2ccccc21)C(=O)Cn1cnc2c(=O)[nH]c(NCCNC(=O)CCP(=O)(OC(C)(C)C)OC(C)(C)C)nc21. The second-order valence-electron chi connectivity index (χ2n) is 16.1. The highest BCUT2D eigenvalue weighted by Gasteiger charge is 2.35. The van der Waals surface area contributed by atoms with E-state index in [1.807, 2.05) is 48.5 Å². The number of nitrogens with zero attached hydrogens (tertiary/aromatic N) is 4. The summed E-state index contributed by atoms with van der Waals surface area (Å²) >= 11 is 0. The molecule has 324 valence electrons. The fourth-order valence-corrected chi connectivity index (χ4v) is 9.02. The molecule has 0 fully saturated rings. The van der Waals surface area contributed by atoms with Gasteiger partial charge < -0.3 is 43.9 Å². The predicted octanol–water partition coefficient (Wildman–Crippen LogP) is 4.79. The van der Waals surface area contributed by atoms with Gasteiger partial charge in [0.05, 0.1) is 30.3 Å². The van der Waals surface area contributed by atoms with Gasteiger partial charge in [0.2, 0.25) is 17.8 Å². The Bertz CT molecular complexity index is 2210. The van der Waals surface area contributed by atoms with Crippen LogP contribution in [0, 0.1) is 0 Å². The zero-order valence-corrected chi connectivity index (χ0v) is 36.1. The third kappa shape index (κ3) is 12.7. The van der Waals surface area contributed by atoms with Crippen molar-refractivity contribution in [1.82, 2.24) is 35.1 Å². The molecule has 2 aromatic carbocycles. The van der Waals surface area contributed by atoms with Crippen LogP contribution in [0.15, 0.2) is 59.7 Å². The lowest BCUT2D eigenvalue weighted by molar-refractivity contribution is -0.149. The topological polar surface area (TPSA) is 225 Å². The number of carbonyl (C=O) groups is 4. The molecule has 2 heterocycles. The fourth-order valence-electron chi connectivity index (χ4n) is 6.65. The van der Waals surface area contributed by atoms with E-state index in [1.54, 1.807) is 48.5 Å². The summed E-state index contributed by atoms with van der Waals surface area (Å²) in [5.41, 5.74) is 2.37. The number of aromatic nitrogens is 4. The van der Waals surface area contributed by atoms with Crippen molar-refractivity contribution in [2.75, 3.05) is 57.4 Å². The first-order valence-electron chi connectivity index (χ1n) is 19.8. The second kappa shape index (κ2) is 19.7. The Morgan fingerprint density at radius 1 is 0.883 bits per heavy atom. The maximum Gasteiger partial charge on any atom is 0.407 e. The number of imidazole rings is 1. The second-order valence-corrected chi connectivity index (χ2v) is 18.1. The molecular formula is C41H55N8O10P. The molecule has 4 aromatic rings. The number of ether oxygens (including phenoxy) is 2. The van der Waals surface area contributed by atoms with Crippen molar-refractivity contribution < 1.29 is 42.3 Å². The number of esters is 1. The molecule has 19 heteroatoms. The molecule has 5 rings (SSSR count). The van der Waals surface area contributed by atoms with Gasteiger partial charge in [0.25, 0.3) is 5.56 Å². The van der Waals surface area contributed by atoms with Gasteiger partial charge in [-0.25, -0.2) is 9.78 Å². The smallest absolute Gasteiger partial charge is 0.407 e. The third-order valence-corrected chi connectivity index (χ3v) is 11.4.